The molecule has 0 spiro atoms. The third kappa shape index (κ3) is 16.8. The van der Waals surface area contributed by atoms with Crippen molar-refractivity contribution in [3.05, 3.63) is 314 Å². The predicted molar refractivity (Wildman–Crippen MR) is 480 cm³/mol. The van der Waals surface area contributed by atoms with E-state index in [1.807, 2.05) is 120 Å². The lowest BCUT2D eigenvalue weighted by Gasteiger charge is -2.31. The van der Waals surface area contributed by atoms with E-state index in [0.29, 0.717) is 93.7 Å². The lowest BCUT2D eigenvalue weighted by Crippen LogP contribution is -2.52. The van der Waals surface area contributed by atoms with Crippen LogP contribution in [0.15, 0.2) is 219 Å². The summed E-state index contributed by atoms with van der Waals surface area (Å²) in [6.45, 7) is 10.8. The summed E-state index contributed by atoms with van der Waals surface area (Å²) in [4.78, 5) is 190. The molecule has 35 nitrogen and oxygen atoms in total. The molecular formula is C98H87N19O16. The highest BCUT2D eigenvalue weighted by atomic mass is 16.5. The van der Waals surface area contributed by atoms with Gasteiger partial charge < -0.3 is 59.8 Å². The molecule has 16 amide bonds. The third-order valence-electron chi connectivity index (χ3n) is 24.6. The summed E-state index contributed by atoms with van der Waals surface area (Å²) in [6, 6.07) is 51.8. The van der Waals surface area contributed by atoms with Crippen LogP contribution in [0.1, 0.15) is 114 Å². The monoisotopic (exact) mass is 1790 g/mol. The van der Waals surface area contributed by atoms with Crippen molar-refractivity contribution in [2.75, 3.05) is 54.6 Å². The Kier molecular flexibility index (Phi) is 23.5. The fourth-order valence-electron chi connectivity index (χ4n) is 17.7. The Labute approximate surface area is 760 Å². The average Bonchev–Trinajstić information content (AvgIpc) is 1.63. The first-order chi connectivity index (χ1) is 64.0. The minimum atomic E-state index is -1.41. The highest BCUT2D eigenvalue weighted by molar-refractivity contribution is 6.12. The molecular weight excluding hydrogens is 1700 g/mol. The number of aromatic nitrogens is 7. The van der Waals surface area contributed by atoms with Crippen molar-refractivity contribution in [1.82, 2.24) is 97.0 Å². The average molecular weight is 1790 g/mol. The second-order valence-electron chi connectivity index (χ2n) is 32.9. The van der Waals surface area contributed by atoms with E-state index >= 15 is 0 Å². The van der Waals surface area contributed by atoms with Crippen molar-refractivity contribution in [3.8, 4) is 68.0 Å². The molecule has 0 bridgehead atoms. The van der Waals surface area contributed by atoms with E-state index in [4.69, 9.17) is 18.9 Å². The fourth-order valence-corrected chi connectivity index (χ4v) is 17.7. The number of nitrogens with zero attached hydrogens (tertiary/aromatic N) is 11. The Hall–Kier alpha value is -17.0. The van der Waals surface area contributed by atoms with Crippen LogP contribution in [-0.4, -0.2) is 180 Å². The molecule has 12 heterocycles. The van der Waals surface area contributed by atoms with Gasteiger partial charge in [-0.05, 0) is 145 Å². The molecule has 20 rings (SSSR count). The van der Waals surface area contributed by atoms with Crippen LogP contribution in [-0.2, 0) is 67.5 Å². The number of aryl methyl sites for hydroxylation is 5. The number of rotatable bonds is 20. The maximum absolute atomic E-state index is 13.1. The second kappa shape index (κ2) is 35.6. The quantitative estimate of drug-likeness (QED) is 0.0329. The molecule has 670 valence electrons. The van der Waals surface area contributed by atoms with Gasteiger partial charge in [0.05, 0.1) is 100 Å². The number of amides is 16. The van der Waals surface area contributed by atoms with Gasteiger partial charge in [0.2, 0.25) is 0 Å². The van der Waals surface area contributed by atoms with E-state index < -0.39 is 69.9 Å². The molecule has 0 aliphatic carbocycles. The van der Waals surface area contributed by atoms with E-state index in [9.17, 15) is 57.5 Å². The Balaban J connectivity index is 0.000000124. The lowest BCUT2D eigenvalue weighted by molar-refractivity contribution is -0.125. The van der Waals surface area contributed by atoms with Crippen molar-refractivity contribution < 1.29 is 76.5 Å². The number of hydrogen-bond acceptors (Lipinski definition) is 23. The first-order valence-electron chi connectivity index (χ1n) is 42.1. The van der Waals surface area contributed by atoms with Crippen molar-refractivity contribution in [2.45, 2.75) is 83.0 Å². The maximum atomic E-state index is 13.1. The number of ether oxygens (including phenoxy) is 4. The number of pyridine rings is 1. The van der Waals surface area contributed by atoms with Crippen molar-refractivity contribution in [3.63, 3.8) is 0 Å². The molecule has 35 heteroatoms. The van der Waals surface area contributed by atoms with Crippen molar-refractivity contribution >= 4 is 71.4 Å². The third-order valence-corrected chi connectivity index (χ3v) is 24.6. The van der Waals surface area contributed by atoms with Crippen LogP contribution >= 0.6 is 0 Å². The summed E-state index contributed by atoms with van der Waals surface area (Å²) in [7, 11) is 6.17. The zero-order chi connectivity index (χ0) is 93.5. The summed E-state index contributed by atoms with van der Waals surface area (Å²) < 4.78 is 20.9. The summed E-state index contributed by atoms with van der Waals surface area (Å²) >= 11 is 0. The lowest BCUT2D eigenvalue weighted by atomic mass is 9.88. The molecule has 0 unspecified atom stereocenters. The molecule has 8 N–H and O–H groups in total. The standard InChI is InChI=1S/C25H23N5O4.C25H22N4O4.2C24H21N5O4/c1-14-11-26-15(2)21(27-14)16-4-7-18(8-5-16)25(23(32)28-24(33)29-25)13-30-12-17-6-9-19(34-3)10-20(17)22(30)31;1-15-9-10-26-21(11-15)16-3-6-18(7-4-16)25(23(31)27-24(32)28-25)14-29-13-17-5-8-19(33-2)12-20(17)22(29)30;2*1-14-20(26-10-9-25-14)15-3-6-17(7-4-15)24(22(31)27-23(32)28-24)13-29-12-16-5-8-18(33-2)11-19(16)21(29)30/h4-11H,12-13H2,1-3H3,(H2,28,29,32,33);3-12H,13-14H2,1-2H3,(H2,27,28,31,32);2*3-11H,12-13H2,1-2H3,(H2,27,28,31,32)/t2*25-;2*24-/m0010/s1. The van der Waals surface area contributed by atoms with Crippen LogP contribution < -0.4 is 61.5 Å². The van der Waals surface area contributed by atoms with Gasteiger partial charge in [0, 0.05) is 108 Å². The Morgan fingerprint density at radius 1 is 0.301 bits per heavy atom. The van der Waals surface area contributed by atoms with E-state index in [1.54, 1.807) is 182 Å². The number of nitrogens with one attached hydrogen (secondary N) is 8. The Bertz CT molecular complexity index is 6620. The topological polar surface area (TPSA) is 441 Å². The van der Waals surface area contributed by atoms with Gasteiger partial charge in [-0.25, -0.2) is 24.2 Å². The number of benzene rings is 8. The maximum Gasteiger partial charge on any atom is 0.322 e. The zero-order valence-electron chi connectivity index (χ0n) is 73.4. The van der Waals surface area contributed by atoms with Crippen LogP contribution in [0, 0.1) is 34.6 Å². The van der Waals surface area contributed by atoms with Crippen molar-refractivity contribution in [1.29, 1.82) is 0 Å². The Morgan fingerprint density at radius 2 is 0.579 bits per heavy atom. The molecule has 4 atom stereocenters. The van der Waals surface area contributed by atoms with Crippen LogP contribution in [0.3, 0.4) is 0 Å². The number of imide groups is 4. The molecule has 0 saturated carbocycles. The van der Waals surface area contributed by atoms with Gasteiger partial charge in [-0.15, -0.1) is 0 Å². The number of carbonyl (C=O) groups excluding carboxylic acids is 12. The molecule has 8 aliphatic heterocycles. The van der Waals surface area contributed by atoms with Gasteiger partial charge in [0.25, 0.3) is 47.3 Å². The first-order valence-corrected chi connectivity index (χ1v) is 42.1. The SMILES string of the molecule is COc1ccc2c(c1)C(=O)N(C[C@@]1(c3ccc(-c4cc(C)ccn4)cc3)NC(=O)NC1=O)C2.COc1ccc2c(c1)C(=O)N(C[C@@]1(c3ccc(-c4nc(C)cnc4C)cc3)NC(=O)NC1=O)C2.COc1ccc2c(c1)C(=O)N(C[C@@]1(c3ccc(-c4nccnc4C)cc3)NC(=O)NC1=O)C2.COc1ccc2c(c1)C(=O)N(C[C@]1(c3ccc(-c4nccnc4C)cc3)NC(=O)NC1=O)C2. The molecule has 8 aromatic carbocycles. The highest BCUT2D eigenvalue weighted by Gasteiger charge is 2.55. The molecule has 4 aromatic heterocycles. The molecule has 0 radical (unpaired) electrons. The largest absolute Gasteiger partial charge is 0.497 e. The van der Waals surface area contributed by atoms with Gasteiger partial charge >= 0.3 is 24.1 Å². The predicted octanol–water partition coefficient (Wildman–Crippen LogP) is 9.52. The van der Waals surface area contributed by atoms with E-state index in [2.05, 4.69) is 77.4 Å². The van der Waals surface area contributed by atoms with Gasteiger partial charge in [0.1, 0.15) is 23.0 Å². The van der Waals surface area contributed by atoms with Crippen LogP contribution in [0.4, 0.5) is 19.2 Å². The summed E-state index contributed by atoms with van der Waals surface area (Å²) in [5, 5.41) is 20.3. The van der Waals surface area contributed by atoms with Gasteiger partial charge in [0.15, 0.2) is 22.2 Å². The number of hydrogen-bond donors (Lipinski definition) is 8. The number of urea groups is 4. The zero-order valence-corrected chi connectivity index (χ0v) is 73.4. The molecule has 8 aliphatic rings. The van der Waals surface area contributed by atoms with E-state index in [1.165, 1.54) is 0 Å². The number of methoxy groups -OCH3 is 4. The van der Waals surface area contributed by atoms with Gasteiger partial charge in [-0.1, -0.05) is 121 Å². The van der Waals surface area contributed by atoms with Crippen LogP contribution in [0.2, 0.25) is 0 Å². The fraction of sp³-hybridized carbons (Fsp3) is 0.214. The number of carbonyl (C=O) groups is 12. The first kappa shape index (κ1) is 88.0. The second-order valence-corrected chi connectivity index (χ2v) is 32.9. The summed E-state index contributed by atoms with van der Waals surface area (Å²) in [5.41, 5.74) is 12.8. The minimum Gasteiger partial charge on any atom is -0.497 e. The van der Waals surface area contributed by atoms with Crippen LogP contribution in [0.5, 0.6) is 23.0 Å². The molecule has 4 fully saturated rings. The van der Waals surface area contributed by atoms with Gasteiger partial charge in [-0.3, -0.25) is 89.5 Å². The van der Waals surface area contributed by atoms with Crippen LogP contribution in [0.25, 0.3) is 45.0 Å². The molecule has 12 aromatic rings. The molecule has 4 saturated heterocycles. The van der Waals surface area contributed by atoms with E-state index in [0.717, 1.165) is 95.6 Å². The number of fused-ring (bicyclic) bond motifs is 4. The highest BCUT2D eigenvalue weighted by Crippen LogP contribution is 2.41. The normalized spacial score (nSPS) is 19.3. The summed E-state index contributed by atoms with van der Waals surface area (Å²) in [5.74, 6) is -0.522. The Morgan fingerprint density at radius 3 is 0.850 bits per heavy atom. The van der Waals surface area contributed by atoms with Crippen molar-refractivity contribution in [2.24, 2.45) is 0 Å². The van der Waals surface area contributed by atoms with Gasteiger partial charge in [-0.2, -0.15) is 0 Å². The minimum absolute atomic E-state index is 0.00242. The van der Waals surface area contributed by atoms with E-state index in [-0.39, 0.29) is 49.8 Å². The smallest absolute Gasteiger partial charge is 0.322 e. The molecule has 133 heavy (non-hydrogen) atoms. The summed E-state index contributed by atoms with van der Waals surface area (Å²) in [6.07, 6.45) is 9.95.